The van der Waals surface area contributed by atoms with Crippen LogP contribution in [0.25, 0.3) is 0 Å². The molecule has 0 spiro atoms. The number of rotatable bonds is 6. The first-order chi connectivity index (χ1) is 11.7. The average Bonchev–Trinajstić information content (AvgIpc) is 2.46. The summed E-state index contributed by atoms with van der Waals surface area (Å²) in [5.74, 6) is 0.499. The van der Waals surface area contributed by atoms with E-state index in [0.29, 0.717) is 6.61 Å². The Labute approximate surface area is 160 Å². The van der Waals surface area contributed by atoms with E-state index in [-0.39, 0.29) is 16.8 Å². The Morgan fingerprint density at radius 3 is 1.77 bits per heavy atom. The monoisotopic (exact) mass is 362 g/mol. The summed E-state index contributed by atoms with van der Waals surface area (Å²) in [5, 5.41) is 0. The van der Waals surface area contributed by atoms with E-state index < -0.39 is 5.60 Å². The molecule has 1 aromatic carbocycles. The van der Waals surface area contributed by atoms with Crippen LogP contribution in [0.1, 0.15) is 91.8 Å². The number of hydrogen-bond donors (Lipinski definition) is 0. The maximum absolute atomic E-state index is 12.6. The number of esters is 1. The molecule has 0 fully saturated rings. The summed E-state index contributed by atoms with van der Waals surface area (Å²) in [4.78, 5) is 12.6. The summed E-state index contributed by atoms with van der Waals surface area (Å²) in [6, 6.07) is 4.34. The van der Waals surface area contributed by atoms with Crippen LogP contribution in [0.5, 0.6) is 5.75 Å². The molecule has 26 heavy (non-hydrogen) atoms. The summed E-state index contributed by atoms with van der Waals surface area (Å²) in [6.07, 6.45) is 1.86. The van der Waals surface area contributed by atoms with Crippen molar-refractivity contribution in [3.8, 4) is 5.75 Å². The van der Waals surface area contributed by atoms with Crippen molar-refractivity contribution >= 4 is 5.97 Å². The first-order valence-electron chi connectivity index (χ1n) is 9.72. The molecule has 0 N–H and O–H groups in total. The topological polar surface area (TPSA) is 35.5 Å². The van der Waals surface area contributed by atoms with Gasteiger partial charge in [0.15, 0.2) is 5.60 Å². The summed E-state index contributed by atoms with van der Waals surface area (Å²) in [6.45, 7) is 21.3. The fourth-order valence-electron chi connectivity index (χ4n) is 2.78. The van der Waals surface area contributed by atoms with Crippen LogP contribution in [0.15, 0.2) is 12.1 Å². The van der Waals surface area contributed by atoms with Gasteiger partial charge in [0.2, 0.25) is 0 Å². The molecule has 0 saturated heterocycles. The van der Waals surface area contributed by atoms with Gasteiger partial charge in [-0.1, -0.05) is 72.6 Å². The second-order valence-electron chi connectivity index (χ2n) is 9.79. The Morgan fingerprint density at radius 1 is 0.923 bits per heavy atom. The van der Waals surface area contributed by atoms with Gasteiger partial charge in [-0.3, -0.25) is 0 Å². The van der Waals surface area contributed by atoms with Crippen molar-refractivity contribution in [2.75, 3.05) is 6.61 Å². The zero-order chi connectivity index (χ0) is 20.3. The second kappa shape index (κ2) is 8.02. The number of ether oxygens (including phenoxy) is 2. The Morgan fingerprint density at radius 2 is 1.38 bits per heavy atom. The maximum Gasteiger partial charge on any atom is 0.349 e. The number of unbranched alkanes of at least 4 members (excludes halogenated alkanes) is 1. The Balaban J connectivity index is 3.39. The van der Waals surface area contributed by atoms with Crippen LogP contribution in [0.4, 0.5) is 0 Å². The van der Waals surface area contributed by atoms with Crippen molar-refractivity contribution in [2.24, 2.45) is 0 Å². The van der Waals surface area contributed by atoms with Gasteiger partial charge in [0.1, 0.15) is 5.75 Å². The molecule has 1 aromatic rings. The molecule has 0 unspecified atom stereocenters. The second-order valence-corrected chi connectivity index (χ2v) is 9.79. The van der Waals surface area contributed by atoms with Crippen molar-refractivity contribution in [3.05, 3.63) is 28.8 Å². The molecule has 3 nitrogen and oxygen atoms in total. The smallest absolute Gasteiger partial charge is 0.349 e. The van der Waals surface area contributed by atoms with E-state index >= 15 is 0 Å². The average molecular weight is 363 g/mol. The fourth-order valence-corrected chi connectivity index (χ4v) is 2.78. The van der Waals surface area contributed by atoms with Gasteiger partial charge in [-0.25, -0.2) is 4.79 Å². The molecule has 0 atom stereocenters. The number of benzene rings is 1. The van der Waals surface area contributed by atoms with Gasteiger partial charge in [-0.05, 0) is 38.0 Å². The molecule has 3 heteroatoms. The highest BCUT2D eigenvalue weighted by molar-refractivity contribution is 5.79. The van der Waals surface area contributed by atoms with Crippen LogP contribution in [-0.2, 0) is 20.4 Å². The van der Waals surface area contributed by atoms with E-state index in [1.54, 1.807) is 13.8 Å². The Hall–Kier alpha value is -1.51. The normalized spacial score (nSPS) is 12.8. The van der Waals surface area contributed by atoms with Gasteiger partial charge in [0, 0.05) is 11.1 Å². The molecular formula is C23H38O3. The van der Waals surface area contributed by atoms with Crippen LogP contribution < -0.4 is 4.74 Å². The molecule has 0 bridgehead atoms. The van der Waals surface area contributed by atoms with Gasteiger partial charge in [-0.2, -0.15) is 0 Å². The van der Waals surface area contributed by atoms with E-state index in [1.165, 1.54) is 5.56 Å². The lowest BCUT2D eigenvalue weighted by atomic mass is 9.78. The number of aryl methyl sites for hydroxylation is 1. The summed E-state index contributed by atoms with van der Waals surface area (Å²) in [7, 11) is 0. The lowest BCUT2D eigenvalue weighted by molar-refractivity contribution is -0.159. The van der Waals surface area contributed by atoms with Crippen molar-refractivity contribution in [1.29, 1.82) is 0 Å². The third-order valence-corrected chi connectivity index (χ3v) is 4.43. The van der Waals surface area contributed by atoms with Gasteiger partial charge >= 0.3 is 5.97 Å². The Kier molecular flexibility index (Phi) is 6.95. The molecular weight excluding hydrogens is 324 g/mol. The van der Waals surface area contributed by atoms with Gasteiger partial charge in [-0.15, -0.1) is 0 Å². The molecule has 148 valence electrons. The van der Waals surface area contributed by atoms with Crippen molar-refractivity contribution < 1.29 is 14.3 Å². The standard InChI is InChI=1S/C23H38O3/c1-11-12-13-25-20(24)23(9,10)26-19-17(21(3,4)5)14-16(2)15-18(19)22(6,7)8/h14-15H,11-13H2,1-10H3. The van der Waals surface area contributed by atoms with Crippen LogP contribution in [0.2, 0.25) is 0 Å². The van der Waals surface area contributed by atoms with Gasteiger partial charge in [0.25, 0.3) is 0 Å². The zero-order valence-electron chi connectivity index (χ0n) is 18.5. The molecule has 1 rings (SSSR count). The highest BCUT2D eigenvalue weighted by atomic mass is 16.6. The van der Waals surface area contributed by atoms with Gasteiger partial charge < -0.3 is 9.47 Å². The van der Waals surface area contributed by atoms with Crippen LogP contribution in [0, 0.1) is 6.92 Å². The van der Waals surface area contributed by atoms with E-state index in [4.69, 9.17) is 9.47 Å². The Bertz CT molecular complexity index is 593. The summed E-state index contributed by atoms with van der Waals surface area (Å²) < 4.78 is 11.8. The minimum Gasteiger partial charge on any atom is -0.476 e. The highest BCUT2D eigenvalue weighted by Gasteiger charge is 2.36. The van der Waals surface area contributed by atoms with Crippen molar-refractivity contribution in [1.82, 2.24) is 0 Å². The summed E-state index contributed by atoms with van der Waals surface area (Å²) in [5.41, 5.74) is 2.22. The molecule has 0 aromatic heterocycles. The summed E-state index contributed by atoms with van der Waals surface area (Å²) >= 11 is 0. The van der Waals surface area contributed by atoms with Gasteiger partial charge in [0.05, 0.1) is 6.61 Å². The minimum atomic E-state index is -1.04. The van der Waals surface area contributed by atoms with Crippen molar-refractivity contribution in [2.45, 2.75) is 98.5 Å². The minimum absolute atomic E-state index is 0.0937. The molecule has 0 heterocycles. The predicted octanol–water partition coefficient (Wildman–Crippen LogP) is 6.09. The van der Waals surface area contributed by atoms with E-state index in [9.17, 15) is 4.79 Å². The first-order valence-corrected chi connectivity index (χ1v) is 9.72. The lowest BCUT2D eigenvalue weighted by Crippen LogP contribution is -2.41. The largest absolute Gasteiger partial charge is 0.476 e. The fraction of sp³-hybridized carbons (Fsp3) is 0.696. The predicted molar refractivity (Wildman–Crippen MR) is 109 cm³/mol. The highest BCUT2D eigenvalue weighted by Crippen LogP contribution is 2.42. The third kappa shape index (κ3) is 5.75. The maximum atomic E-state index is 12.6. The zero-order valence-corrected chi connectivity index (χ0v) is 18.5. The van der Waals surface area contributed by atoms with E-state index in [0.717, 1.165) is 29.7 Å². The van der Waals surface area contributed by atoms with Crippen LogP contribution >= 0.6 is 0 Å². The number of carbonyl (C=O) groups is 1. The number of hydrogen-bond acceptors (Lipinski definition) is 3. The van der Waals surface area contributed by atoms with Crippen LogP contribution in [-0.4, -0.2) is 18.2 Å². The van der Waals surface area contributed by atoms with E-state index in [2.05, 4.69) is 67.5 Å². The molecule has 0 aliphatic carbocycles. The molecule has 0 aliphatic rings. The van der Waals surface area contributed by atoms with Crippen molar-refractivity contribution in [3.63, 3.8) is 0 Å². The quantitative estimate of drug-likeness (QED) is 0.454. The number of carbonyl (C=O) groups excluding carboxylic acids is 1. The molecule has 0 aliphatic heterocycles. The third-order valence-electron chi connectivity index (χ3n) is 4.43. The SMILES string of the molecule is CCCCOC(=O)C(C)(C)Oc1c(C(C)(C)C)cc(C)cc1C(C)(C)C. The lowest BCUT2D eigenvalue weighted by Gasteiger charge is -2.34. The molecule has 0 saturated carbocycles. The molecule has 0 radical (unpaired) electrons. The first kappa shape index (κ1) is 22.5. The van der Waals surface area contributed by atoms with Crippen LogP contribution in [0.3, 0.4) is 0 Å². The molecule has 0 amide bonds. The van der Waals surface area contributed by atoms with E-state index in [1.807, 2.05) is 0 Å².